The lowest BCUT2D eigenvalue weighted by Crippen LogP contribution is -2.44. The van der Waals surface area contributed by atoms with Crippen molar-refractivity contribution >= 4 is 17.8 Å². The number of pyridine rings is 1. The van der Waals surface area contributed by atoms with E-state index in [0.717, 1.165) is 12.0 Å². The molecule has 0 spiro atoms. The van der Waals surface area contributed by atoms with Crippen LogP contribution < -0.4 is 5.32 Å². The van der Waals surface area contributed by atoms with Crippen LogP contribution >= 0.6 is 0 Å². The summed E-state index contributed by atoms with van der Waals surface area (Å²) in [5, 5.41) is 11.9. The Morgan fingerprint density at radius 3 is 2.83 bits per heavy atom. The Morgan fingerprint density at radius 2 is 2.25 bits per heavy atom. The van der Waals surface area contributed by atoms with E-state index < -0.39 is 29.9 Å². The average molecular weight is 333 g/mol. The van der Waals surface area contributed by atoms with Gasteiger partial charge in [0.2, 0.25) is 11.8 Å². The molecule has 130 valence electrons. The number of carbonyl (C=O) groups is 3. The lowest BCUT2D eigenvalue weighted by atomic mass is 9.93. The van der Waals surface area contributed by atoms with Gasteiger partial charge in [0.1, 0.15) is 6.04 Å². The molecule has 1 aliphatic rings. The highest BCUT2D eigenvalue weighted by atomic mass is 16.4. The van der Waals surface area contributed by atoms with Crippen LogP contribution in [0.1, 0.15) is 44.2 Å². The van der Waals surface area contributed by atoms with Gasteiger partial charge in [0.05, 0.1) is 12.0 Å². The highest BCUT2D eigenvalue weighted by Crippen LogP contribution is 2.36. The maximum Gasteiger partial charge on any atom is 0.326 e. The SMILES string of the molecule is CCCCC(NC(=O)C1CC(=O)N(C)C1c1cccnc1)C(=O)O. The Hall–Kier alpha value is -2.44. The van der Waals surface area contributed by atoms with Crippen molar-refractivity contribution in [3.8, 4) is 0 Å². The first-order valence-corrected chi connectivity index (χ1v) is 8.14. The molecule has 1 fully saturated rings. The van der Waals surface area contributed by atoms with E-state index in [1.165, 1.54) is 4.90 Å². The first-order valence-electron chi connectivity index (χ1n) is 8.14. The summed E-state index contributed by atoms with van der Waals surface area (Å²) in [6.45, 7) is 1.96. The van der Waals surface area contributed by atoms with Gasteiger partial charge in [0, 0.05) is 25.9 Å². The molecule has 1 aromatic heterocycles. The van der Waals surface area contributed by atoms with E-state index in [9.17, 15) is 19.5 Å². The molecule has 3 unspecified atom stereocenters. The molecule has 0 bridgehead atoms. The minimum Gasteiger partial charge on any atom is -0.480 e. The minimum absolute atomic E-state index is 0.0714. The van der Waals surface area contributed by atoms with Crippen molar-refractivity contribution in [1.82, 2.24) is 15.2 Å². The summed E-state index contributed by atoms with van der Waals surface area (Å²) < 4.78 is 0. The Labute approximate surface area is 141 Å². The Morgan fingerprint density at radius 1 is 1.50 bits per heavy atom. The van der Waals surface area contributed by atoms with E-state index in [4.69, 9.17) is 0 Å². The Bertz CT molecular complexity index is 605. The van der Waals surface area contributed by atoms with Gasteiger partial charge in [-0.3, -0.25) is 14.6 Å². The van der Waals surface area contributed by atoms with Gasteiger partial charge in [-0.15, -0.1) is 0 Å². The van der Waals surface area contributed by atoms with E-state index in [1.54, 1.807) is 25.5 Å². The van der Waals surface area contributed by atoms with Gasteiger partial charge in [0.15, 0.2) is 0 Å². The number of aliphatic carboxylic acids is 1. The average Bonchev–Trinajstić information content (AvgIpc) is 2.87. The summed E-state index contributed by atoms with van der Waals surface area (Å²) >= 11 is 0. The third-order valence-corrected chi connectivity index (χ3v) is 4.41. The van der Waals surface area contributed by atoms with E-state index in [-0.39, 0.29) is 12.3 Å². The van der Waals surface area contributed by atoms with Gasteiger partial charge in [-0.05, 0) is 18.1 Å². The second-order valence-electron chi connectivity index (χ2n) is 6.09. The zero-order chi connectivity index (χ0) is 17.7. The van der Waals surface area contributed by atoms with E-state index >= 15 is 0 Å². The van der Waals surface area contributed by atoms with Gasteiger partial charge in [-0.25, -0.2) is 4.79 Å². The van der Waals surface area contributed by atoms with Crippen molar-refractivity contribution in [2.45, 2.75) is 44.7 Å². The van der Waals surface area contributed by atoms with Gasteiger partial charge >= 0.3 is 5.97 Å². The van der Waals surface area contributed by atoms with Crippen molar-refractivity contribution in [2.24, 2.45) is 5.92 Å². The Kier molecular flexibility index (Phi) is 5.89. The van der Waals surface area contributed by atoms with Gasteiger partial charge in [-0.1, -0.05) is 25.8 Å². The van der Waals surface area contributed by atoms with E-state index in [0.29, 0.717) is 12.8 Å². The van der Waals surface area contributed by atoms with Crippen LogP contribution in [-0.2, 0) is 14.4 Å². The molecule has 24 heavy (non-hydrogen) atoms. The summed E-state index contributed by atoms with van der Waals surface area (Å²) in [6.07, 6.45) is 5.27. The summed E-state index contributed by atoms with van der Waals surface area (Å²) in [6, 6.07) is 2.22. The largest absolute Gasteiger partial charge is 0.480 e. The molecular formula is C17H23N3O4. The number of unbranched alkanes of at least 4 members (excludes halogenated alkanes) is 1. The number of likely N-dealkylation sites (tertiary alicyclic amines) is 1. The van der Waals surface area contributed by atoms with E-state index in [2.05, 4.69) is 10.3 Å². The highest BCUT2D eigenvalue weighted by Gasteiger charge is 2.43. The number of carboxylic acid groups (broad SMARTS) is 1. The number of carboxylic acids is 1. The number of hydrogen-bond acceptors (Lipinski definition) is 4. The first-order chi connectivity index (χ1) is 11.5. The molecule has 3 atom stereocenters. The molecule has 0 aromatic carbocycles. The number of nitrogens with zero attached hydrogens (tertiary/aromatic N) is 2. The number of carbonyl (C=O) groups excluding carboxylic acids is 2. The molecule has 1 saturated heterocycles. The predicted molar refractivity (Wildman–Crippen MR) is 86.9 cm³/mol. The topological polar surface area (TPSA) is 99.6 Å². The van der Waals surface area contributed by atoms with Crippen LogP contribution in [0.15, 0.2) is 24.5 Å². The van der Waals surface area contributed by atoms with Gasteiger partial charge in [0.25, 0.3) is 0 Å². The van der Waals surface area contributed by atoms with Crippen molar-refractivity contribution in [2.75, 3.05) is 7.05 Å². The molecule has 2 rings (SSSR count). The number of aromatic nitrogens is 1. The fourth-order valence-electron chi connectivity index (χ4n) is 3.06. The van der Waals surface area contributed by atoms with Crippen molar-refractivity contribution in [1.29, 1.82) is 0 Å². The lowest BCUT2D eigenvalue weighted by molar-refractivity contribution is -0.142. The Balaban J connectivity index is 2.17. The quantitative estimate of drug-likeness (QED) is 0.785. The number of amides is 2. The van der Waals surface area contributed by atoms with Crippen molar-refractivity contribution < 1.29 is 19.5 Å². The fourth-order valence-corrected chi connectivity index (χ4v) is 3.06. The van der Waals surface area contributed by atoms with Crippen LogP contribution in [-0.4, -0.2) is 45.9 Å². The van der Waals surface area contributed by atoms with Crippen LogP contribution in [0.3, 0.4) is 0 Å². The zero-order valence-electron chi connectivity index (χ0n) is 13.9. The normalized spacial score (nSPS) is 21.6. The smallest absolute Gasteiger partial charge is 0.326 e. The van der Waals surface area contributed by atoms with Crippen molar-refractivity contribution in [3.63, 3.8) is 0 Å². The zero-order valence-corrected chi connectivity index (χ0v) is 13.9. The standard InChI is InChI=1S/C17H23N3O4/c1-3-4-7-13(17(23)24)19-16(22)12-9-14(21)20(2)15(12)11-6-5-8-18-10-11/h5-6,8,10,12-13,15H,3-4,7,9H2,1-2H3,(H,19,22)(H,23,24). The molecule has 2 amide bonds. The lowest BCUT2D eigenvalue weighted by Gasteiger charge is -2.25. The minimum atomic E-state index is -1.05. The molecule has 0 aliphatic carbocycles. The van der Waals surface area contributed by atoms with Crippen LogP contribution in [0.5, 0.6) is 0 Å². The van der Waals surface area contributed by atoms with Gasteiger partial charge in [-0.2, -0.15) is 0 Å². The summed E-state index contributed by atoms with van der Waals surface area (Å²) in [7, 11) is 1.65. The maximum absolute atomic E-state index is 12.6. The molecule has 1 aliphatic heterocycles. The summed E-state index contributed by atoms with van der Waals surface area (Å²) in [5.74, 6) is -2.20. The summed E-state index contributed by atoms with van der Waals surface area (Å²) in [4.78, 5) is 41.6. The molecule has 7 heteroatoms. The number of rotatable bonds is 7. The van der Waals surface area contributed by atoms with Crippen LogP contribution in [0.2, 0.25) is 0 Å². The monoisotopic (exact) mass is 333 g/mol. The van der Waals surface area contributed by atoms with Gasteiger partial charge < -0.3 is 15.3 Å². The van der Waals surface area contributed by atoms with Crippen LogP contribution in [0.25, 0.3) is 0 Å². The van der Waals surface area contributed by atoms with E-state index in [1.807, 2.05) is 13.0 Å². The second-order valence-corrected chi connectivity index (χ2v) is 6.09. The maximum atomic E-state index is 12.6. The third kappa shape index (κ3) is 3.90. The van der Waals surface area contributed by atoms with Crippen LogP contribution in [0, 0.1) is 5.92 Å². The molecular weight excluding hydrogens is 310 g/mol. The molecule has 1 aromatic rings. The second kappa shape index (κ2) is 7.90. The highest BCUT2D eigenvalue weighted by molar-refractivity contribution is 5.92. The third-order valence-electron chi connectivity index (χ3n) is 4.41. The molecule has 2 N–H and O–H groups in total. The molecule has 2 heterocycles. The fraction of sp³-hybridized carbons (Fsp3) is 0.529. The number of hydrogen-bond donors (Lipinski definition) is 2. The van der Waals surface area contributed by atoms with Crippen LogP contribution in [0.4, 0.5) is 0 Å². The van der Waals surface area contributed by atoms with Crippen molar-refractivity contribution in [3.05, 3.63) is 30.1 Å². The first kappa shape index (κ1) is 17.9. The molecule has 0 saturated carbocycles. The molecule has 7 nitrogen and oxygen atoms in total. The number of nitrogens with one attached hydrogen (secondary N) is 1. The predicted octanol–water partition coefficient (Wildman–Crippen LogP) is 1.36. The molecule has 0 radical (unpaired) electrons. The summed E-state index contributed by atoms with van der Waals surface area (Å²) in [5.41, 5.74) is 0.770.